The van der Waals surface area contributed by atoms with Gasteiger partial charge in [-0.25, -0.2) is 0 Å². The van der Waals surface area contributed by atoms with Crippen LogP contribution in [0.2, 0.25) is 0 Å². The lowest BCUT2D eigenvalue weighted by Gasteiger charge is -1.99. The third kappa shape index (κ3) is 2.40. The molecule has 6 nitrogen and oxygen atoms in total. The summed E-state index contributed by atoms with van der Waals surface area (Å²) in [6.45, 7) is 1.68. The van der Waals surface area contributed by atoms with Gasteiger partial charge < -0.3 is 4.52 Å². The zero-order valence-electron chi connectivity index (χ0n) is 7.17. The van der Waals surface area contributed by atoms with E-state index in [1.165, 1.54) is 18.2 Å². The maximum atomic E-state index is 10.4. The standard InChI is InChI=1S/C7H6NO5P/c1-5-2-3-6(8(9)10)7(4-5)13-14(11)12/h2-4H,1H3. The molecule has 7 heteroatoms. The lowest BCUT2D eigenvalue weighted by molar-refractivity contribution is -0.385. The second-order valence-corrected chi connectivity index (χ2v) is 3.17. The van der Waals surface area contributed by atoms with Crippen LogP contribution >= 0.6 is 7.91 Å². The fourth-order valence-corrected chi connectivity index (χ4v) is 1.23. The monoisotopic (exact) mass is 215 g/mol. The van der Waals surface area contributed by atoms with Gasteiger partial charge in [0.2, 0.25) is 5.75 Å². The van der Waals surface area contributed by atoms with Crippen molar-refractivity contribution in [3.63, 3.8) is 0 Å². The first-order chi connectivity index (χ1) is 6.50. The second kappa shape index (κ2) is 4.02. The molecule has 0 fully saturated rings. The molecule has 0 aliphatic carbocycles. The molecule has 0 spiro atoms. The summed E-state index contributed by atoms with van der Waals surface area (Å²) in [6, 6.07) is 4.00. The van der Waals surface area contributed by atoms with Gasteiger partial charge in [-0.15, -0.1) is 0 Å². The molecule has 0 unspecified atom stereocenters. The molecule has 0 amide bonds. The SMILES string of the molecule is Cc1ccc([N+](=O)[O-])c(OP(=O)=O)c1. The summed E-state index contributed by atoms with van der Waals surface area (Å²) in [7, 11) is -3.13. The smallest absolute Gasteiger partial charge is 0.379 e. The van der Waals surface area contributed by atoms with E-state index in [2.05, 4.69) is 4.52 Å². The van der Waals surface area contributed by atoms with Gasteiger partial charge in [-0.3, -0.25) is 10.1 Å². The molecule has 14 heavy (non-hydrogen) atoms. The van der Waals surface area contributed by atoms with E-state index in [-0.39, 0.29) is 11.4 Å². The maximum absolute atomic E-state index is 10.4. The van der Waals surface area contributed by atoms with Crippen LogP contribution in [0, 0.1) is 17.0 Å². The second-order valence-electron chi connectivity index (χ2n) is 2.54. The minimum absolute atomic E-state index is 0.258. The Morgan fingerprint density at radius 1 is 1.43 bits per heavy atom. The number of hydrogen-bond donors (Lipinski definition) is 0. The molecule has 0 aliphatic rings. The van der Waals surface area contributed by atoms with Crippen LogP contribution in [-0.2, 0) is 9.13 Å². The summed E-state index contributed by atoms with van der Waals surface area (Å²) in [6.07, 6.45) is 0. The first kappa shape index (κ1) is 10.4. The van der Waals surface area contributed by atoms with Crippen molar-refractivity contribution in [3.05, 3.63) is 33.9 Å². The molecule has 1 rings (SSSR count). The van der Waals surface area contributed by atoms with E-state index < -0.39 is 12.8 Å². The van der Waals surface area contributed by atoms with E-state index in [1.54, 1.807) is 6.92 Å². The largest absolute Gasteiger partial charge is 0.529 e. The molecule has 1 aromatic rings. The molecule has 0 saturated carbocycles. The van der Waals surface area contributed by atoms with Gasteiger partial charge in [0.15, 0.2) is 0 Å². The first-order valence-electron chi connectivity index (χ1n) is 3.58. The van der Waals surface area contributed by atoms with E-state index in [0.29, 0.717) is 5.56 Å². The van der Waals surface area contributed by atoms with Crippen LogP contribution in [0.1, 0.15) is 5.56 Å². The highest BCUT2D eigenvalue weighted by Gasteiger charge is 2.16. The maximum Gasteiger partial charge on any atom is 0.529 e. The Kier molecular flexibility index (Phi) is 2.99. The lowest BCUT2D eigenvalue weighted by Crippen LogP contribution is -1.91. The van der Waals surface area contributed by atoms with Crippen molar-refractivity contribution in [1.82, 2.24) is 0 Å². The third-order valence-electron chi connectivity index (χ3n) is 1.48. The van der Waals surface area contributed by atoms with Crippen molar-refractivity contribution in [3.8, 4) is 5.75 Å². The predicted molar refractivity (Wildman–Crippen MR) is 46.8 cm³/mol. The minimum Gasteiger partial charge on any atom is -0.379 e. The molecule has 0 heterocycles. The van der Waals surface area contributed by atoms with Crippen LogP contribution in [0.3, 0.4) is 0 Å². The van der Waals surface area contributed by atoms with Gasteiger partial charge in [0, 0.05) is 6.07 Å². The molecule has 0 aliphatic heterocycles. The summed E-state index contributed by atoms with van der Waals surface area (Å²) in [5.41, 5.74) is 0.317. The molecular weight excluding hydrogens is 209 g/mol. The van der Waals surface area contributed by atoms with E-state index >= 15 is 0 Å². The molecule has 0 N–H and O–H groups in total. The van der Waals surface area contributed by atoms with Gasteiger partial charge in [-0.05, 0) is 18.6 Å². The van der Waals surface area contributed by atoms with Crippen LogP contribution in [-0.4, -0.2) is 4.92 Å². The van der Waals surface area contributed by atoms with Crippen LogP contribution in [0.5, 0.6) is 5.75 Å². The van der Waals surface area contributed by atoms with Gasteiger partial charge in [0.25, 0.3) is 0 Å². The molecule has 0 atom stereocenters. The Morgan fingerprint density at radius 3 is 2.57 bits per heavy atom. The van der Waals surface area contributed by atoms with Gasteiger partial charge in [-0.1, -0.05) is 6.07 Å². The molecular formula is C7H6NO5P. The van der Waals surface area contributed by atoms with Gasteiger partial charge in [0.1, 0.15) is 0 Å². The average Bonchev–Trinajstić information content (AvgIpc) is 2.01. The highest BCUT2D eigenvalue weighted by atomic mass is 31.1. The first-order valence-corrected chi connectivity index (χ1v) is 4.67. The van der Waals surface area contributed by atoms with Crippen molar-refractivity contribution in [2.75, 3.05) is 0 Å². The molecule has 0 radical (unpaired) electrons. The quantitative estimate of drug-likeness (QED) is 0.438. The Balaban J connectivity index is 3.22. The Labute approximate surface area is 79.6 Å². The lowest BCUT2D eigenvalue weighted by atomic mass is 10.2. The predicted octanol–water partition coefficient (Wildman–Crippen LogP) is 2.37. The van der Waals surface area contributed by atoms with Crippen molar-refractivity contribution in [1.29, 1.82) is 0 Å². The van der Waals surface area contributed by atoms with Crippen LogP contribution < -0.4 is 4.52 Å². The molecule has 0 bridgehead atoms. The van der Waals surface area contributed by atoms with Gasteiger partial charge >= 0.3 is 13.6 Å². The van der Waals surface area contributed by atoms with E-state index in [0.717, 1.165) is 0 Å². The fraction of sp³-hybridized carbons (Fsp3) is 0.143. The number of benzene rings is 1. The van der Waals surface area contributed by atoms with Crippen molar-refractivity contribution < 1.29 is 18.6 Å². The van der Waals surface area contributed by atoms with Crippen molar-refractivity contribution in [2.24, 2.45) is 0 Å². The van der Waals surface area contributed by atoms with Crippen molar-refractivity contribution in [2.45, 2.75) is 6.92 Å². The zero-order valence-corrected chi connectivity index (χ0v) is 8.06. The highest BCUT2D eigenvalue weighted by Crippen LogP contribution is 2.31. The number of nitro benzene ring substituents is 1. The topological polar surface area (TPSA) is 86.5 Å². The van der Waals surface area contributed by atoms with Crippen LogP contribution in [0.4, 0.5) is 5.69 Å². The Bertz CT molecular complexity index is 432. The average molecular weight is 215 g/mol. The van der Waals surface area contributed by atoms with Gasteiger partial charge in [0.05, 0.1) is 4.92 Å². The number of nitro groups is 1. The molecule has 0 aromatic heterocycles. The summed E-state index contributed by atoms with van der Waals surface area (Å²) in [5.74, 6) is -0.258. The summed E-state index contributed by atoms with van der Waals surface area (Å²) in [5, 5.41) is 10.4. The summed E-state index contributed by atoms with van der Waals surface area (Å²) >= 11 is 0. The zero-order chi connectivity index (χ0) is 10.7. The Hall–Kier alpha value is -1.68. The number of rotatable bonds is 3. The van der Waals surface area contributed by atoms with E-state index in [4.69, 9.17) is 0 Å². The van der Waals surface area contributed by atoms with E-state index in [9.17, 15) is 19.2 Å². The number of aryl methyl sites for hydroxylation is 1. The molecule has 0 saturated heterocycles. The fourth-order valence-electron chi connectivity index (χ4n) is 0.926. The highest BCUT2D eigenvalue weighted by molar-refractivity contribution is 7.25. The molecule has 74 valence electrons. The third-order valence-corrected chi connectivity index (χ3v) is 1.83. The summed E-state index contributed by atoms with van der Waals surface area (Å²) < 4.78 is 24.8. The Morgan fingerprint density at radius 2 is 2.07 bits per heavy atom. The van der Waals surface area contributed by atoms with Crippen LogP contribution in [0.25, 0.3) is 0 Å². The normalized spacial score (nSPS) is 9.50. The number of hydrogen-bond acceptors (Lipinski definition) is 5. The van der Waals surface area contributed by atoms with Crippen LogP contribution in [0.15, 0.2) is 18.2 Å². The summed E-state index contributed by atoms with van der Waals surface area (Å²) in [4.78, 5) is 9.74. The molecule has 1 aromatic carbocycles. The van der Waals surface area contributed by atoms with Crippen molar-refractivity contribution >= 4 is 13.6 Å². The number of nitrogens with zero attached hydrogens (tertiary/aromatic N) is 1. The van der Waals surface area contributed by atoms with E-state index in [1.807, 2.05) is 0 Å². The van der Waals surface area contributed by atoms with Gasteiger partial charge in [-0.2, -0.15) is 9.13 Å². The minimum atomic E-state index is -3.13.